The number of nitrogens with zero attached hydrogens (tertiary/aromatic N) is 2. The van der Waals surface area contributed by atoms with Gasteiger partial charge < -0.3 is 10.6 Å². The van der Waals surface area contributed by atoms with Crippen LogP contribution in [0, 0.1) is 12.3 Å². The maximum absolute atomic E-state index is 7.37. The molecular weight excluding hydrogens is 256 g/mol. The molecule has 4 nitrogen and oxygen atoms in total. The zero-order chi connectivity index (χ0) is 13.7. The van der Waals surface area contributed by atoms with E-state index in [1.165, 1.54) is 0 Å². The molecule has 0 aliphatic heterocycles. The summed E-state index contributed by atoms with van der Waals surface area (Å²) in [4.78, 5) is 6.70. The fourth-order valence-electron chi connectivity index (χ4n) is 1.87. The molecular formula is C14H18N4S. The number of nitrogens with one attached hydrogen (secondary N) is 1. The molecule has 19 heavy (non-hydrogen) atoms. The first-order valence-electron chi connectivity index (χ1n) is 6.19. The normalized spacial score (nSPS) is 10.4. The van der Waals surface area contributed by atoms with Gasteiger partial charge >= 0.3 is 0 Å². The van der Waals surface area contributed by atoms with E-state index in [0.29, 0.717) is 6.42 Å². The van der Waals surface area contributed by atoms with Crippen LogP contribution in [-0.2, 0) is 6.54 Å². The van der Waals surface area contributed by atoms with Crippen molar-refractivity contribution in [2.75, 3.05) is 11.4 Å². The Morgan fingerprint density at radius 2 is 2.11 bits per heavy atom. The fourth-order valence-corrected chi connectivity index (χ4v) is 2.47. The first-order valence-corrected chi connectivity index (χ1v) is 7.07. The average molecular weight is 274 g/mol. The van der Waals surface area contributed by atoms with E-state index < -0.39 is 0 Å². The molecule has 0 atom stereocenters. The second-order valence-corrected chi connectivity index (χ2v) is 5.45. The second kappa shape index (κ2) is 6.33. The van der Waals surface area contributed by atoms with Gasteiger partial charge in [-0.05, 0) is 19.1 Å². The number of rotatable bonds is 6. The van der Waals surface area contributed by atoms with E-state index in [1.807, 2.05) is 25.1 Å². The van der Waals surface area contributed by atoms with Crippen LogP contribution in [0.2, 0.25) is 0 Å². The lowest BCUT2D eigenvalue weighted by Crippen LogP contribution is -2.27. The minimum Gasteiger partial charge on any atom is -0.388 e. The van der Waals surface area contributed by atoms with E-state index >= 15 is 0 Å². The minimum atomic E-state index is 0.218. The number of anilines is 1. The van der Waals surface area contributed by atoms with Gasteiger partial charge in [-0.2, -0.15) is 0 Å². The molecule has 1 aromatic carbocycles. The highest BCUT2D eigenvalue weighted by molar-refractivity contribution is 7.09. The molecule has 0 amide bonds. The summed E-state index contributed by atoms with van der Waals surface area (Å²) in [6, 6.07) is 10.2. The van der Waals surface area contributed by atoms with E-state index in [4.69, 9.17) is 11.1 Å². The van der Waals surface area contributed by atoms with Gasteiger partial charge in [0.1, 0.15) is 0 Å². The summed E-state index contributed by atoms with van der Waals surface area (Å²) in [5.74, 6) is 0.218. The van der Waals surface area contributed by atoms with E-state index in [0.717, 1.165) is 29.5 Å². The predicted octanol–water partition coefficient (Wildman–Crippen LogP) is 2.78. The zero-order valence-electron chi connectivity index (χ0n) is 11.0. The molecule has 100 valence electrons. The van der Waals surface area contributed by atoms with Gasteiger partial charge in [0.05, 0.1) is 23.1 Å². The standard InChI is InChI=1S/C14H18N4S/c1-11-17-12(10-19-11)9-18(8-7-14(15)16)13-5-3-2-4-6-13/h2-6,10H,7-9H2,1H3,(H3,15,16). The highest BCUT2D eigenvalue weighted by Crippen LogP contribution is 2.18. The van der Waals surface area contributed by atoms with Gasteiger partial charge in [-0.3, -0.25) is 5.41 Å². The molecule has 0 aliphatic rings. The van der Waals surface area contributed by atoms with Gasteiger partial charge in [0, 0.05) is 24.0 Å². The van der Waals surface area contributed by atoms with Gasteiger partial charge in [-0.25, -0.2) is 4.98 Å². The lowest BCUT2D eigenvalue weighted by molar-refractivity contribution is 0.787. The smallest absolute Gasteiger partial charge is 0.0923 e. The lowest BCUT2D eigenvalue weighted by atomic mass is 10.2. The van der Waals surface area contributed by atoms with Gasteiger partial charge in [0.2, 0.25) is 0 Å². The Bertz CT molecular complexity index is 535. The van der Waals surface area contributed by atoms with Crippen molar-refractivity contribution in [3.63, 3.8) is 0 Å². The van der Waals surface area contributed by atoms with Crippen LogP contribution >= 0.6 is 11.3 Å². The summed E-state index contributed by atoms with van der Waals surface area (Å²) in [6.07, 6.45) is 0.567. The lowest BCUT2D eigenvalue weighted by Gasteiger charge is -2.23. The summed E-state index contributed by atoms with van der Waals surface area (Å²) >= 11 is 1.66. The van der Waals surface area contributed by atoms with Crippen molar-refractivity contribution in [3.8, 4) is 0 Å². The molecule has 1 aromatic heterocycles. The molecule has 0 bridgehead atoms. The Balaban J connectivity index is 2.12. The van der Waals surface area contributed by atoms with Gasteiger partial charge in [0.25, 0.3) is 0 Å². The molecule has 0 fully saturated rings. The van der Waals surface area contributed by atoms with Gasteiger partial charge in [0.15, 0.2) is 0 Å². The molecule has 1 heterocycles. The van der Waals surface area contributed by atoms with E-state index in [2.05, 4.69) is 27.4 Å². The van der Waals surface area contributed by atoms with Crippen LogP contribution in [0.5, 0.6) is 0 Å². The molecule has 5 heteroatoms. The summed E-state index contributed by atoms with van der Waals surface area (Å²) in [7, 11) is 0. The Kier molecular flexibility index (Phi) is 4.52. The van der Waals surface area contributed by atoms with Crippen LogP contribution in [0.3, 0.4) is 0 Å². The van der Waals surface area contributed by atoms with Gasteiger partial charge in [-0.1, -0.05) is 18.2 Å². The maximum atomic E-state index is 7.37. The second-order valence-electron chi connectivity index (χ2n) is 4.39. The van der Waals surface area contributed by atoms with Gasteiger partial charge in [-0.15, -0.1) is 11.3 Å². The Labute approximate surface area is 117 Å². The monoisotopic (exact) mass is 274 g/mol. The number of aromatic nitrogens is 1. The number of hydrogen-bond acceptors (Lipinski definition) is 4. The SMILES string of the molecule is Cc1nc(CN(CCC(=N)N)c2ccccc2)cs1. The van der Waals surface area contributed by atoms with Crippen molar-refractivity contribution in [2.24, 2.45) is 5.73 Å². The minimum absolute atomic E-state index is 0.218. The van der Waals surface area contributed by atoms with Crippen LogP contribution in [-0.4, -0.2) is 17.4 Å². The predicted molar refractivity (Wildman–Crippen MR) is 80.9 cm³/mol. The van der Waals surface area contributed by atoms with E-state index in [-0.39, 0.29) is 5.84 Å². The maximum Gasteiger partial charge on any atom is 0.0923 e. The first kappa shape index (κ1) is 13.5. The number of nitrogens with two attached hydrogens (primary N) is 1. The Morgan fingerprint density at radius 3 is 2.68 bits per heavy atom. The number of benzene rings is 1. The molecule has 0 unspecified atom stereocenters. The van der Waals surface area contributed by atoms with Crippen LogP contribution in [0.25, 0.3) is 0 Å². The number of thiazole rings is 1. The first-order chi connectivity index (χ1) is 9.15. The number of hydrogen-bond donors (Lipinski definition) is 2. The summed E-state index contributed by atoms with van der Waals surface area (Å²) in [5.41, 5.74) is 7.66. The summed E-state index contributed by atoms with van der Waals surface area (Å²) < 4.78 is 0. The van der Waals surface area contributed by atoms with Crippen molar-refractivity contribution in [1.82, 2.24) is 4.98 Å². The molecule has 0 aliphatic carbocycles. The van der Waals surface area contributed by atoms with Crippen molar-refractivity contribution < 1.29 is 0 Å². The van der Waals surface area contributed by atoms with Crippen molar-refractivity contribution in [2.45, 2.75) is 19.9 Å². The van der Waals surface area contributed by atoms with Crippen molar-refractivity contribution >= 4 is 22.9 Å². The molecule has 0 spiro atoms. The molecule has 0 saturated heterocycles. The summed E-state index contributed by atoms with van der Waals surface area (Å²) in [5, 5.41) is 10.5. The highest BCUT2D eigenvalue weighted by Gasteiger charge is 2.09. The van der Waals surface area contributed by atoms with Crippen LogP contribution < -0.4 is 10.6 Å². The zero-order valence-corrected chi connectivity index (χ0v) is 11.8. The Hall–Kier alpha value is -1.88. The van der Waals surface area contributed by atoms with Crippen molar-refractivity contribution in [1.29, 1.82) is 5.41 Å². The number of amidine groups is 1. The van der Waals surface area contributed by atoms with Crippen LogP contribution in [0.15, 0.2) is 35.7 Å². The van der Waals surface area contributed by atoms with Crippen molar-refractivity contribution in [3.05, 3.63) is 46.4 Å². The highest BCUT2D eigenvalue weighted by atomic mass is 32.1. The van der Waals surface area contributed by atoms with Crippen LogP contribution in [0.1, 0.15) is 17.1 Å². The number of para-hydroxylation sites is 1. The largest absolute Gasteiger partial charge is 0.388 e. The van der Waals surface area contributed by atoms with Crippen LogP contribution in [0.4, 0.5) is 5.69 Å². The number of aryl methyl sites for hydroxylation is 1. The molecule has 3 N–H and O–H groups in total. The molecule has 2 aromatic rings. The third-order valence-corrected chi connectivity index (χ3v) is 3.61. The average Bonchev–Trinajstić information content (AvgIpc) is 2.81. The Morgan fingerprint density at radius 1 is 1.37 bits per heavy atom. The van der Waals surface area contributed by atoms with E-state index in [1.54, 1.807) is 11.3 Å². The quantitative estimate of drug-likeness (QED) is 0.629. The summed E-state index contributed by atoms with van der Waals surface area (Å²) in [6.45, 7) is 3.49. The third-order valence-electron chi connectivity index (χ3n) is 2.79. The fraction of sp³-hybridized carbons (Fsp3) is 0.286. The molecule has 0 radical (unpaired) electrons. The molecule has 2 rings (SSSR count). The topological polar surface area (TPSA) is 66.0 Å². The van der Waals surface area contributed by atoms with E-state index in [9.17, 15) is 0 Å². The molecule has 0 saturated carbocycles. The third kappa shape index (κ3) is 4.06.